The third kappa shape index (κ3) is 6.09. The highest BCUT2D eigenvalue weighted by molar-refractivity contribution is 7.15. The van der Waals surface area contributed by atoms with Crippen LogP contribution >= 0.6 is 34.5 Å². The fourth-order valence-electron chi connectivity index (χ4n) is 3.29. The molecule has 1 aromatic heterocycles. The van der Waals surface area contributed by atoms with E-state index in [0.29, 0.717) is 34.2 Å². The maximum atomic E-state index is 12.8. The van der Waals surface area contributed by atoms with E-state index in [1.54, 1.807) is 42.5 Å². The molecule has 0 unspecified atom stereocenters. The number of carbonyl (C=O) groups is 2. The van der Waals surface area contributed by atoms with Crippen LogP contribution in [0.5, 0.6) is 5.75 Å². The molecule has 0 radical (unpaired) electrons. The van der Waals surface area contributed by atoms with Crippen molar-refractivity contribution in [2.75, 3.05) is 6.61 Å². The predicted molar refractivity (Wildman–Crippen MR) is 129 cm³/mol. The van der Waals surface area contributed by atoms with Gasteiger partial charge in [-0.2, -0.15) is 0 Å². The van der Waals surface area contributed by atoms with E-state index in [-0.39, 0.29) is 11.7 Å². The van der Waals surface area contributed by atoms with Gasteiger partial charge in [0.15, 0.2) is 12.4 Å². The number of aryl methyl sites for hydroxylation is 2. The van der Waals surface area contributed by atoms with Crippen molar-refractivity contribution < 1.29 is 19.4 Å². The number of halogens is 2. The lowest BCUT2D eigenvalue weighted by molar-refractivity contribution is -0.139. The quantitative estimate of drug-likeness (QED) is 0.332. The second-order valence-electron chi connectivity index (χ2n) is 7.73. The van der Waals surface area contributed by atoms with Crippen LogP contribution in [0.25, 0.3) is 10.6 Å². The number of benzene rings is 2. The molecule has 5 nitrogen and oxygen atoms in total. The molecule has 0 bridgehead atoms. The Hall–Kier alpha value is -2.41. The van der Waals surface area contributed by atoms with E-state index in [1.807, 2.05) is 12.1 Å². The van der Waals surface area contributed by atoms with Crippen molar-refractivity contribution in [2.45, 2.75) is 39.5 Å². The number of hydrogen-bond donors (Lipinski definition) is 1. The lowest BCUT2D eigenvalue weighted by Gasteiger charge is -2.09. The van der Waals surface area contributed by atoms with Crippen LogP contribution < -0.4 is 4.74 Å². The Kier molecular flexibility index (Phi) is 7.93. The number of carboxylic acids is 1. The molecule has 0 aliphatic carbocycles. The van der Waals surface area contributed by atoms with Crippen molar-refractivity contribution in [3.05, 3.63) is 68.1 Å². The molecule has 0 spiro atoms. The first kappa shape index (κ1) is 24.2. The number of Topliss-reactive ketones (excluding diaryl/α,β-unsaturated/α-hetero) is 1. The summed E-state index contributed by atoms with van der Waals surface area (Å²) in [5.74, 6) is -0.367. The minimum atomic E-state index is -1.05. The fourth-order valence-corrected chi connectivity index (χ4v) is 5.02. The summed E-state index contributed by atoms with van der Waals surface area (Å²) < 4.78 is 5.23. The first-order valence-corrected chi connectivity index (χ1v) is 11.7. The van der Waals surface area contributed by atoms with Crippen molar-refractivity contribution in [3.8, 4) is 16.3 Å². The zero-order valence-electron chi connectivity index (χ0n) is 17.9. The Morgan fingerprint density at radius 1 is 1.12 bits per heavy atom. The van der Waals surface area contributed by atoms with Crippen LogP contribution in [0.1, 0.15) is 52.7 Å². The van der Waals surface area contributed by atoms with Gasteiger partial charge >= 0.3 is 5.97 Å². The van der Waals surface area contributed by atoms with Gasteiger partial charge in [-0.1, -0.05) is 37.0 Å². The molecule has 1 heterocycles. The first-order chi connectivity index (χ1) is 15.1. The summed E-state index contributed by atoms with van der Waals surface area (Å²) in [6.07, 6.45) is 0.918. The summed E-state index contributed by atoms with van der Waals surface area (Å²) in [5, 5.41) is 10.7. The molecule has 0 saturated heterocycles. The van der Waals surface area contributed by atoms with Gasteiger partial charge in [-0.15, -0.1) is 11.3 Å². The molecule has 0 aliphatic rings. The Bertz CT molecular complexity index is 1140. The maximum absolute atomic E-state index is 12.8. The summed E-state index contributed by atoms with van der Waals surface area (Å²) in [6, 6.07) is 10.4. The van der Waals surface area contributed by atoms with Gasteiger partial charge in [0.05, 0.1) is 5.69 Å². The molecule has 0 fully saturated rings. The summed E-state index contributed by atoms with van der Waals surface area (Å²) in [4.78, 5) is 29.4. The van der Waals surface area contributed by atoms with E-state index in [9.17, 15) is 9.59 Å². The minimum absolute atomic E-state index is 0.00772. The second-order valence-corrected chi connectivity index (χ2v) is 9.68. The number of hydrogen-bond acceptors (Lipinski definition) is 5. The average Bonchev–Trinajstić information content (AvgIpc) is 3.15. The van der Waals surface area contributed by atoms with Crippen molar-refractivity contribution in [1.82, 2.24) is 4.98 Å². The minimum Gasteiger partial charge on any atom is -0.482 e. The van der Waals surface area contributed by atoms with Gasteiger partial charge in [0.2, 0.25) is 0 Å². The summed E-state index contributed by atoms with van der Waals surface area (Å²) in [7, 11) is 0. The van der Waals surface area contributed by atoms with E-state index in [2.05, 4.69) is 13.8 Å². The fraction of sp³-hybridized carbons (Fsp3) is 0.292. The number of ketones is 1. The summed E-state index contributed by atoms with van der Waals surface area (Å²) in [5.41, 5.74) is 3.13. The van der Waals surface area contributed by atoms with Crippen LogP contribution in [0, 0.1) is 6.92 Å². The molecule has 3 rings (SSSR count). The number of rotatable bonds is 9. The molecular weight excluding hydrogens is 469 g/mol. The topological polar surface area (TPSA) is 76.5 Å². The highest BCUT2D eigenvalue weighted by Crippen LogP contribution is 2.35. The van der Waals surface area contributed by atoms with Gasteiger partial charge in [-0.25, -0.2) is 9.78 Å². The van der Waals surface area contributed by atoms with Crippen LogP contribution in [0.2, 0.25) is 10.0 Å². The monoisotopic (exact) mass is 491 g/mol. The van der Waals surface area contributed by atoms with Gasteiger partial charge in [0, 0.05) is 32.5 Å². The zero-order chi connectivity index (χ0) is 23.4. The van der Waals surface area contributed by atoms with E-state index in [1.165, 1.54) is 0 Å². The smallest absolute Gasteiger partial charge is 0.341 e. The number of carbonyl (C=O) groups excluding carboxylic acids is 1. The highest BCUT2D eigenvalue weighted by Gasteiger charge is 2.18. The lowest BCUT2D eigenvalue weighted by Crippen LogP contribution is -2.10. The average molecular weight is 492 g/mol. The van der Waals surface area contributed by atoms with E-state index < -0.39 is 12.6 Å². The number of aliphatic carboxylic acids is 1. The van der Waals surface area contributed by atoms with Crippen LogP contribution in [0.15, 0.2) is 36.4 Å². The third-order valence-corrected chi connectivity index (χ3v) is 6.43. The normalized spacial score (nSPS) is 11.1. The number of ether oxygens (including phenoxy) is 1. The molecular formula is C24H23Cl2NO4S. The molecule has 0 amide bonds. The van der Waals surface area contributed by atoms with Crippen LogP contribution in [-0.2, 0) is 11.2 Å². The van der Waals surface area contributed by atoms with E-state index in [0.717, 1.165) is 26.7 Å². The second kappa shape index (κ2) is 10.5. The summed E-state index contributed by atoms with van der Waals surface area (Å²) >= 11 is 13.9. The Morgan fingerprint density at radius 2 is 1.81 bits per heavy atom. The Balaban J connectivity index is 1.76. The number of carboxylic acid groups (broad SMARTS) is 1. The number of nitrogens with zero attached hydrogens (tertiary/aromatic N) is 1. The standard InChI is InChI=1S/C24H23Cl2NO4S/c1-13(2)23-21(32-24(27-23)16-9-17(25)11-18(26)10-16)7-5-19(28)15-4-6-20(14(3)8-15)31-12-22(29)30/h4,6,8-11,13H,5,7,12H2,1-3H3,(H,29,30). The first-order valence-electron chi connectivity index (χ1n) is 10.1. The van der Waals surface area contributed by atoms with Gasteiger partial charge in [0.1, 0.15) is 10.8 Å². The number of thiazole rings is 1. The van der Waals surface area contributed by atoms with Gasteiger partial charge in [-0.05, 0) is 61.2 Å². The van der Waals surface area contributed by atoms with Crippen LogP contribution in [0.4, 0.5) is 0 Å². The molecule has 8 heteroatoms. The van der Waals surface area contributed by atoms with Crippen LogP contribution in [-0.4, -0.2) is 28.4 Å². The van der Waals surface area contributed by atoms with Gasteiger partial charge in [0.25, 0.3) is 0 Å². The largest absolute Gasteiger partial charge is 0.482 e. The highest BCUT2D eigenvalue weighted by atomic mass is 35.5. The van der Waals surface area contributed by atoms with Gasteiger partial charge in [-0.3, -0.25) is 4.79 Å². The molecule has 32 heavy (non-hydrogen) atoms. The molecule has 3 aromatic rings. The number of aromatic nitrogens is 1. The van der Waals surface area contributed by atoms with E-state index in [4.69, 9.17) is 38.0 Å². The van der Waals surface area contributed by atoms with Crippen molar-refractivity contribution >= 4 is 46.3 Å². The molecule has 168 valence electrons. The van der Waals surface area contributed by atoms with Crippen molar-refractivity contribution in [3.63, 3.8) is 0 Å². The summed E-state index contributed by atoms with van der Waals surface area (Å²) in [6.45, 7) is 5.52. The Morgan fingerprint density at radius 3 is 2.41 bits per heavy atom. The van der Waals surface area contributed by atoms with Gasteiger partial charge < -0.3 is 9.84 Å². The predicted octanol–water partition coefficient (Wildman–Crippen LogP) is 6.83. The Labute approximate surface area is 201 Å². The van der Waals surface area contributed by atoms with E-state index >= 15 is 0 Å². The molecule has 0 saturated carbocycles. The maximum Gasteiger partial charge on any atom is 0.341 e. The van der Waals surface area contributed by atoms with Crippen molar-refractivity contribution in [1.29, 1.82) is 0 Å². The molecule has 2 aromatic carbocycles. The zero-order valence-corrected chi connectivity index (χ0v) is 20.3. The molecule has 0 aliphatic heterocycles. The molecule has 1 N–H and O–H groups in total. The molecule has 0 atom stereocenters. The lowest BCUT2D eigenvalue weighted by atomic mass is 10.0. The van der Waals surface area contributed by atoms with Crippen LogP contribution in [0.3, 0.4) is 0 Å². The van der Waals surface area contributed by atoms with Crippen molar-refractivity contribution in [2.24, 2.45) is 0 Å². The third-order valence-electron chi connectivity index (χ3n) is 4.81. The SMILES string of the molecule is Cc1cc(C(=O)CCc2sc(-c3cc(Cl)cc(Cl)c3)nc2C(C)C)ccc1OCC(=O)O.